The Labute approximate surface area is 92.1 Å². The Bertz CT molecular complexity index is 346. The molecule has 1 heterocycles. The summed E-state index contributed by atoms with van der Waals surface area (Å²) >= 11 is 0. The van der Waals surface area contributed by atoms with E-state index in [9.17, 15) is 0 Å². The molecular formula is C13H20N2. The first kappa shape index (κ1) is 10.3. The van der Waals surface area contributed by atoms with E-state index in [0.29, 0.717) is 12.0 Å². The van der Waals surface area contributed by atoms with Crippen LogP contribution in [0.3, 0.4) is 0 Å². The van der Waals surface area contributed by atoms with E-state index < -0.39 is 0 Å². The Balaban J connectivity index is 2.20. The van der Waals surface area contributed by atoms with Gasteiger partial charge in [-0.15, -0.1) is 0 Å². The average molecular weight is 204 g/mol. The number of hydrogen-bond acceptors (Lipinski definition) is 2. The van der Waals surface area contributed by atoms with Crippen LogP contribution in [0.25, 0.3) is 0 Å². The summed E-state index contributed by atoms with van der Waals surface area (Å²) < 4.78 is 0. The summed E-state index contributed by atoms with van der Waals surface area (Å²) in [4.78, 5) is 0. The molecule has 2 rings (SSSR count). The summed E-state index contributed by atoms with van der Waals surface area (Å²) in [7, 11) is 0. The SMILES string of the molecule is CCC(C)C1CNc2c(C)cccc2N1. The van der Waals surface area contributed by atoms with Crippen molar-refractivity contribution in [2.75, 3.05) is 17.2 Å². The van der Waals surface area contributed by atoms with Crippen molar-refractivity contribution in [3.05, 3.63) is 23.8 Å². The molecule has 1 aromatic rings. The molecule has 0 bridgehead atoms. The van der Waals surface area contributed by atoms with Crippen molar-refractivity contribution in [3.63, 3.8) is 0 Å². The van der Waals surface area contributed by atoms with Crippen LogP contribution in [0, 0.1) is 12.8 Å². The zero-order valence-corrected chi connectivity index (χ0v) is 9.80. The summed E-state index contributed by atoms with van der Waals surface area (Å²) in [5, 5.41) is 7.16. The van der Waals surface area contributed by atoms with Crippen molar-refractivity contribution in [2.45, 2.75) is 33.2 Å². The van der Waals surface area contributed by atoms with Crippen LogP contribution >= 0.6 is 0 Å². The van der Waals surface area contributed by atoms with Gasteiger partial charge in [0.05, 0.1) is 11.4 Å². The number of benzene rings is 1. The smallest absolute Gasteiger partial charge is 0.0606 e. The van der Waals surface area contributed by atoms with Crippen molar-refractivity contribution in [2.24, 2.45) is 5.92 Å². The first-order valence-corrected chi connectivity index (χ1v) is 5.82. The van der Waals surface area contributed by atoms with Gasteiger partial charge in [0.1, 0.15) is 0 Å². The monoisotopic (exact) mass is 204 g/mol. The first-order chi connectivity index (χ1) is 7.22. The summed E-state index contributed by atoms with van der Waals surface area (Å²) in [6.45, 7) is 7.74. The highest BCUT2D eigenvalue weighted by molar-refractivity contribution is 5.74. The third kappa shape index (κ3) is 1.94. The topological polar surface area (TPSA) is 24.1 Å². The van der Waals surface area contributed by atoms with E-state index in [1.54, 1.807) is 0 Å². The van der Waals surface area contributed by atoms with Crippen LogP contribution in [0.2, 0.25) is 0 Å². The highest BCUT2D eigenvalue weighted by Crippen LogP contribution is 2.31. The van der Waals surface area contributed by atoms with Crippen molar-refractivity contribution in [1.82, 2.24) is 0 Å². The van der Waals surface area contributed by atoms with Gasteiger partial charge in [-0.2, -0.15) is 0 Å². The maximum atomic E-state index is 3.63. The number of para-hydroxylation sites is 1. The van der Waals surface area contributed by atoms with E-state index >= 15 is 0 Å². The van der Waals surface area contributed by atoms with Crippen LogP contribution < -0.4 is 10.6 Å². The number of anilines is 2. The minimum atomic E-state index is 0.560. The summed E-state index contributed by atoms with van der Waals surface area (Å²) in [5.74, 6) is 0.714. The molecule has 2 unspecified atom stereocenters. The van der Waals surface area contributed by atoms with Crippen molar-refractivity contribution in [3.8, 4) is 0 Å². The van der Waals surface area contributed by atoms with Gasteiger partial charge in [0, 0.05) is 12.6 Å². The van der Waals surface area contributed by atoms with Gasteiger partial charge in [0.2, 0.25) is 0 Å². The number of rotatable bonds is 2. The van der Waals surface area contributed by atoms with Gasteiger partial charge in [-0.1, -0.05) is 32.4 Å². The number of hydrogen-bond donors (Lipinski definition) is 2. The van der Waals surface area contributed by atoms with Gasteiger partial charge < -0.3 is 10.6 Å². The van der Waals surface area contributed by atoms with Gasteiger partial charge in [-0.05, 0) is 24.5 Å². The Morgan fingerprint density at radius 1 is 1.47 bits per heavy atom. The predicted octanol–water partition coefficient (Wildman–Crippen LogP) is 3.25. The molecule has 1 aliphatic heterocycles. The summed E-state index contributed by atoms with van der Waals surface area (Å²) in [5.41, 5.74) is 3.85. The number of aryl methyl sites for hydroxylation is 1. The van der Waals surface area contributed by atoms with Crippen LogP contribution in [0.4, 0.5) is 11.4 Å². The molecule has 0 radical (unpaired) electrons. The molecule has 2 nitrogen and oxygen atoms in total. The summed E-state index contributed by atoms with van der Waals surface area (Å²) in [6.07, 6.45) is 1.22. The van der Waals surface area contributed by atoms with Crippen molar-refractivity contribution in [1.29, 1.82) is 0 Å². The van der Waals surface area contributed by atoms with Crippen molar-refractivity contribution < 1.29 is 0 Å². The largest absolute Gasteiger partial charge is 0.381 e. The maximum absolute atomic E-state index is 3.63. The molecule has 0 fully saturated rings. The molecule has 0 aromatic heterocycles. The molecule has 1 aliphatic rings. The molecule has 1 aromatic carbocycles. The molecule has 15 heavy (non-hydrogen) atoms. The molecule has 2 N–H and O–H groups in total. The van der Waals surface area contributed by atoms with Crippen LogP contribution in [0.1, 0.15) is 25.8 Å². The van der Waals surface area contributed by atoms with Gasteiger partial charge in [-0.3, -0.25) is 0 Å². The van der Waals surface area contributed by atoms with E-state index in [0.717, 1.165) is 6.54 Å². The fourth-order valence-corrected chi connectivity index (χ4v) is 2.11. The molecule has 0 saturated heterocycles. The van der Waals surface area contributed by atoms with Crippen molar-refractivity contribution >= 4 is 11.4 Å². The third-order valence-electron chi connectivity index (χ3n) is 3.44. The average Bonchev–Trinajstić information content (AvgIpc) is 2.28. The standard InChI is InChI=1S/C13H20N2/c1-4-9(2)12-8-14-13-10(3)6-5-7-11(13)15-12/h5-7,9,12,14-15H,4,8H2,1-3H3. The second-order valence-corrected chi connectivity index (χ2v) is 4.51. The highest BCUT2D eigenvalue weighted by Gasteiger charge is 2.21. The quantitative estimate of drug-likeness (QED) is 0.772. The highest BCUT2D eigenvalue weighted by atomic mass is 15.1. The molecule has 2 heteroatoms. The Kier molecular flexibility index (Phi) is 2.85. The first-order valence-electron chi connectivity index (χ1n) is 5.82. The Hall–Kier alpha value is -1.18. The van der Waals surface area contributed by atoms with E-state index in [2.05, 4.69) is 49.6 Å². The molecular weight excluding hydrogens is 184 g/mol. The second kappa shape index (κ2) is 4.13. The third-order valence-corrected chi connectivity index (χ3v) is 3.44. The molecule has 0 aliphatic carbocycles. The summed E-state index contributed by atoms with van der Waals surface area (Å²) in [6, 6.07) is 6.98. The van der Waals surface area contributed by atoms with E-state index in [1.165, 1.54) is 23.4 Å². The lowest BCUT2D eigenvalue weighted by Crippen LogP contribution is -2.38. The molecule has 0 saturated carbocycles. The molecule has 0 spiro atoms. The fraction of sp³-hybridized carbons (Fsp3) is 0.538. The number of nitrogens with one attached hydrogen (secondary N) is 2. The lowest BCUT2D eigenvalue weighted by atomic mass is 9.96. The zero-order chi connectivity index (χ0) is 10.8. The van der Waals surface area contributed by atoms with Crippen LogP contribution in [-0.4, -0.2) is 12.6 Å². The van der Waals surface area contributed by atoms with Crippen LogP contribution in [0.15, 0.2) is 18.2 Å². The van der Waals surface area contributed by atoms with Gasteiger partial charge >= 0.3 is 0 Å². The second-order valence-electron chi connectivity index (χ2n) is 4.51. The molecule has 2 atom stereocenters. The normalized spacial score (nSPS) is 21.1. The lowest BCUT2D eigenvalue weighted by molar-refractivity contribution is 0.477. The molecule has 82 valence electrons. The number of fused-ring (bicyclic) bond motifs is 1. The van der Waals surface area contributed by atoms with E-state index in [4.69, 9.17) is 0 Å². The van der Waals surface area contributed by atoms with Gasteiger partial charge in [0.15, 0.2) is 0 Å². The van der Waals surface area contributed by atoms with E-state index in [-0.39, 0.29) is 0 Å². The minimum absolute atomic E-state index is 0.560. The fourth-order valence-electron chi connectivity index (χ4n) is 2.11. The molecule has 0 amide bonds. The predicted molar refractivity (Wildman–Crippen MR) is 66.5 cm³/mol. The van der Waals surface area contributed by atoms with Gasteiger partial charge in [0.25, 0.3) is 0 Å². The van der Waals surface area contributed by atoms with Crippen LogP contribution in [-0.2, 0) is 0 Å². The lowest BCUT2D eigenvalue weighted by Gasteiger charge is -2.32. The minimum Gasteiger partial charge on any atom is -0.381 e. The van der Waals surface area contributed by atoms with Gasteiger partial charge in [-0.25, -0.2) is 0 Å². The Morgan fingerprint density at radius 3 is 3.00 bits per heavy atom. The van der Waals surface area contributed by atoms with E-state index in [1.807, 2.05) is 0 Å². The zero-order valence-electron chi connectivity index (χ0n) is 9.80. The Morgan fingerprint density at radius 2 is 2.27 bits per heavy atom. The van der Waals surface area contributed by atoms with Crippen LogP contribution in [0.5, 0.6) is 0 Å². The maximum Gasteiger partial charge on any atom is 0.0606 e.